The van der Waals surface area contributed by atoms with E-state index < -0.39 is 0 Å². The Hall–Kier alpha value is -2.59. The van der Waals surface area contributed by atoms with Crippen molar-refractivity contribution in [2.45, 2.75) is 13.0 Å². The molecule has 24 heavy (non-hydrogen) atoms. The number of amides is 1. The predicted molar refractivity (Wildman–Crippen MR) is 97.1 cm³/mol. The lowest BCUT2D eigenvalue weighted by Gasteiger charge is -2.25. The Balaban J connectivity index is 1.66. The summed E-state index contributed by atoms with van der Waals surface area (Å²) in [6.45, 7) is 2.07. The summed E-state index contributed by atoms with van der Waals surface area (Å²) in [7, 11) is 3.74. The number of ether oxygens (including phenoxy) is 1. The van der Waals surface area contributed by atoms with Gasteiger partial charge in [0.25, 0.3) is 0 Å². The third kappa shape index (κ3) is 4.03. The van der Waals surface area contributed by atoms with Crippen molar-refractivity contribution in [3.63, 3.8) is 0 Å². The van der Waals surface area contributed by atoms with Gasteiger partial charge in [-0.25, -0.2) is 0 Å². The van der Waals surface area contributed by atoms with Crippen LogP contribution in [0.1, 0.15) is 16.7 Å². The topological polar surface area (TPSA) is 41.6 Å². The molecule has 1 N–H and O–H groups in total. The number of fused-ring (bicyclic) bond motifs is 1. The monoisotopic (exact) mass is 322 g/mol. The molecule has 0 fully saturated rings. The van der Waals surface area contributed by atoms with Crippen LogP contribution in [0.15, 0.2) is 48.5 Å². The van der Waals surface area contributed by atoms with Crippen molar-refractivity contribution in [3.8, 4) is 5.75 Å². The maximum Gasteiger partial charge on any atom is 0.248 e. The molecule has 4 nitrogen and oxygen atoms in total. The van der Waals surface area contributed by atoms with Gasteiger partial charge < -0.3 is 15.0 Å². The van der Waals surface area contributed by atoms with Gasteiger partial charge in [0.1, 0.15) is 5.75 Å². The molecular formula is C20H22N2O2. The van der Waals surface area contributed by atoms with E-state index in [9.17, 15) is 4.79 Å². The average Bonchev–Trinajstić information content (AvgIpc) is 2.59. The third-order valence-electron chi connectivity index (χ3n) is 4.20. The lowest BCUT2D eigenvalue weighted by molar-refractivity contribution is -0.111. The van der Waals surface area contributed by atoms with E-state index in [0.29, 0.717) is 0 Å². The zero-order valence-corrected chi connectivity index (χ0v) is 14.1. The van der Waals surface area contributed by atoms with Crippen LogP contribution >= 0.6 is 0 Å². The molecule has 0 unspecified atom stereocenters. The predicted octanol–water partition coefficient (Wildman–Crippen LogP) is 3.34. The van der Waals surface area contributed by atoms with E-state index in [1.807, 2.05) is 24.3 Å². The van der Waals surface area contributed by atoms with E-state index in [4.69, 9.17) is 4.74 Å². The molecule has 1 amide bonds. The summed E-state index contributed by atoms with van der Waals surface area (Å²) in [5, 5.41) is 2.84. The number of rotatable bonds is 4. The molecule has 2 aromatic carbocycles. The first-order valence-electron chi connectivity index (χ1n) is 8.07. The fourth-order valence-electron chi connectivity index (χ4n) is 2.88. The highest BCUT2D eigenvalue weighted by Gasteiger charge is 2.12. The van der Waals surface area contributed by atoms with E-state index in [1.165, 1.54) is 11.1 Å². The third-order valence-corrected chi connectivity index (χ3v) is 4.20. The molecule has 0 spiro atoms. The summed E-state index contributed by atoms with van der Waals surface area (Å²) in [5.41, 5.74) is 4.52. The lowest BCUT2D eigenvalue weighted by Crippen LogP contribution is -2.26. The van der Waals surface area contributed by atoms with Crippen LogP contribution < -0.4 is 10.1 Å². The minimum Gasteiger partial charge on any atom is -0.497 e. The number of benzene rings is 2. The molecule has 0 aromatic heterocycles. The van der Waals surface area contributed by atoms with Gasteiger partial charge in [-0.3, -0.25) is 4.79 Å². The second-order valence-corrected chi connectivity index (χ2v) is 6.07. The van der Waals surface area contributed by atoms with Gasteiger partial charge in [0.05, 0.1) is 7.11 Å². The van der Waals surface area contributed by atoms with Gasteiger partial charge in [0, 0.05) is 30.9 Å². The van der Waals surface area contributed by atoms with Crippen molar-refractivity contribution in [3.05, 3.63) is 65.2 Å². The molecule has 1 heterocycles. The van der Waals surface area contributed by atoms with Crippen LogP contribution in [0.25, 0.3) is 6.08 Å². The van der Waals surface area contributed by atoms with Crippen LogP contribution in [0, 0.1) is 0 Å². The number of methoxy groups -OCH3 is 1. The van der Waals surface area contributed by atoms with Crippen LogP contribution in [-0.2, 0) is 17.8 Å². The van der Waals surface area contributed by atoms with Gasteiger partial charge in [0.2, 0.25) is 5.91 Å². The molecule has 4 heteroatoms. The molecule has 0 atom stereocenters. The minimum atomic E-state index is -0.155. The number of anilines is 1. The van der Waals surface area contributed by atoms with E-state index in [1.54, 1.807) is 19.3 Å². The first kappa shape index (κ1) is 16.3. The number of hydrogen-bond donors (Lipinski definition) is 1. The van der Waals surface area contributed by atoms with Crippen molar-refractivity contribution in [1.29, 1.82) is 0 Å². The number of nitrogens with one attached hydrogen (secondary N) is 1. The second-order valence-electron chi connectivity index (χ2n) is 6.07. The molecule has 0 saturated heterocycles. The molecule has 1 aliphatic rings. The van der Waals surface area contributed by atoms with E-state index in [-0.39, 0.29) is 5.91 Å². The van der Waals surface area contributed by atoms with E-state index >= 15 is 0 Å². The molecule has 0 aliphatic carbocycles. The summed E-state index contributed by atoms with van der Waals surface area (Å²) in [6.07, 6.45) is 4.50. The van der Waals surface area contributed by atoms with Crippen molar-refractivity contribution >= 4 is 17.7 Å². The largest absolute Gasteiger partial charge is 0.497 e. The molecule has 1 aliphatic heterocycles. The van der Waals surface area contributed by atoms with Gasteiger partial charge >= 0.3 is 0 Å². The Morgan fingerprint density at radius 2 is 2.08 bits per heavy atom. The molecule has 3 rings (SSSR count). The summed E-state index contributed by atoms with van der Waals surface area (Å²) in [6, 6.07) is 13.7. The van der Waals surface area contributed by atoms with Crippen molar-refractivity contribution in [2.24, 2.45) is 0 Å². The van der Waals surface area contributed by atoms with Gasteiger partial charge in [-0.1, -0.05) is 24.3 Å². The molecular weight excluding hydrogens is 300 g/mol. The normalized spacial score (nSPS) is 14.4. The standard InChI is InChI=1S/C20H22N2O2/c1-22-11-10-16-8-6-15(12-17(16)14-22)7-9-20(23)21-18-4-3-5-19(13-18)24-2/h3-9,12-13H,10-11,14H2,1-2H3,(H,21,23)/b9-7+. The van der Waals surface area contributed by atoms with Crippen LogP contribution in [-0.4, -0.2) is 31.5 Å². The molecule has 124 valence electrons. The minimum absolute atomic E-state index is 0.155. The lowest BCUT2D eigenvalue weighted by atomic mass is 9.97. The molecule has 0 radical (unpaired) electrons. The van der Waals surface area contributed by atoms with E-state index in [2.05, 4.69) is 35.5 Å². The maximum absolute atomic E-state index is 12.1. The first-order chi connectivity index (χ1) is 11.6. The Labute approximate surface area is 142 Å². The molecule has 0 bridgehead atoms. The van der Waals surface area contributed by atoms with Crippen molar-refractivity contribution in [1.82, 2.24) is 4.90 Å². The summed E-state index contributed by atoms with van der Waals surface area (Å²) in [4.78, 5) is 14.4. The van der Waals surface area contributed by atoms with Crippen LogP contribution in [0.4, 0.5) is 5.69 Å². The second kappa shape index (κ2) is 7.32. The summed E-state index contributed by atoms with van der Waals surface area (Å²) < 4.78 is 5.15. The Kier molecular flexibility index (Phi) is 4.96. The van der Waals surface area contributed by atoms with Gasteiger partial charge in [-0.05, 0) is 48.4 Å². The quantitative estimate of drug-likeness (QED) is 0.878. The SMILES string of the molecule is COc1cccc(NC(=O)/C=C/c2ccc3c(c2)CN(C)CC3)c1. The number of hydrogen-bond acceptors (Lipinski definition) is 3. The molecule has 0 saturated carbocycles. The average molecular weight is 322 g/mol. The number of nitrogens with zero attached hydrogens (tertiary/aromatic N) is 1. The van der Waals surface area contributed by atoms with E-state index in [0.717, 1.165) is 36.5 Å². The van der Waals surface area contributed by atoms with Crippen LogP contribution in [0.3, 0.4) is 0 Å². The van der Waals surface area contributed by atoms with Gasteiger partial charge in [0.15, 0.2) is 0 Å². The van der Waals surface area contributed by atoms with Gasteiger partial charge in [-0.2, -0.15) is 0 Å². The van der Waals surface area contributed by atoms with Crippen molar-refractivity contribution < 1.29 is 9.53 Å². The Morgan fingerprint density at radius 1 is 1.21 bits per heavy atom. The van der Waals surface area contributed by atoms with Gasteiger partial charge in [-0.15, -0.1) is 0 Å². The zero-order valence-electron chi connectivity index (χ0n) is 14.1. The molecule has 2 aromatic rings. The fourth-order valence-corrected chi connectivity index (χ4v) is 2.88. The fraction of sp³-hybridized carbons (Fsp3) is 0.250. The summed E-state index contributed by atoms with van der Waals surface area (Å²) >= 11 is 0. The maximum atomic E-state index is 12.1. The van der Waals surface area contributed by atoms with Crippen LogP contribution in [0.2, 0.25) is 0 Å². The highest BCUT2D eigenvalue weighted by molar-refractivity contribution is 6.02. The highest BCUT2D eigenvalue weighted by atomic mass is 16.5. The number of likely N-dealkylation sites (N-methyl/N-ethyl adjacent to an activating group) is 1. The number of carbonyl (C=O) groups excluding carboxylic acids is 1. The Bertz CT molecular complexity index is 768. The highest BCUT2D eigenvalue weighted by Crippen LogP contribution is 2.20. The zero-order chi connectivity index (χ0) is 16.9. The summed E-state index contributed by atoms with van der Waals surface area (Å²) in [5.74, 6) is 0.564. The van der Waals surface area contributed by atoms with Crippen molar-refractivity contribution in [2.75, 3.05) is 26.0 Å². The Morgan fingerprint density at radius 3 is 2.92 bits per heavy atom. The van der Waals surface area contributed by atoms with Crippen LogP contribution in [0.5, 0.6) is 5.75 Å². The number of carbonyl (C=O) groups is 1. The first-order valence-corrected chi connectivity index (χ1v) is 8.07. The smallest absolute Gasteiger partial charge is 0.248 e.